The van der Waals surface area contributed by atoms with Crippen molar-refractivity contribution in [1.82, 2.24) is 9.80 Å². The quantitative estimate of drug-likeness (QED) is 0.186. The van der Waals surface area contributed by atoms with E-state index in [-0.39, 0.29) is 23.9 Å². The first-order valence-corrected chi connectivity index (χ1v) is 17.6. The van der Waals surface area contributed by atoms with Gasteiger partial charge in [-0.3, -0.25) is 9.59 Å². The highest BCUT2D eigenvalue weighted by Gasteiger charge is 2.35. The number of para-hydroxylation sites is 1. The molecule has 2 heterocycles. The van der Waals surface area contributed by atoms with Crippen LogP contribution >= 0.6 is 0 Å². The molecule has 1 atom stereocenters. The molecule has 3 aliphatic rings. The number of nitrogens with two attached hydrogens (primary N) is 1. The lowest BCUT2D eigenvalue weighted by atomic mass is 9.84. The van der Waals surface area contributed by atoms with E-state index in [1.165, 1.54) is 0 Å². The maximum Gasteiger partial charge on any atom is 0.306 e. The minimum absolute atomic E-state index is 0.00138. The summed E-state index contributed by atoms with van der Waals surface area (Å²) in [6.07, 6.45) is 5.28. The summed E-state index contributed by atoms with van der Waals surface area (Å²) in [7, 11) is 0. The molecule has 0 bridgehead atoms. The monoisotopic (exact) mass is 668 g/mol. The third-order valence-electron chi connectivity index (χ3n) is 10.2. The Labute approximate surface area is 288 Å². The Hall–Kier alpha value is -4.41. The number of fused-ring (bicyclic) bond motifs is 1. The van der Waals surface area contributed by atoms with Crippen molar-refractivity contribution in [2.45, 2.75) is 76.6 Å². The van der Waals surface area contributed by atoms with E-state index in [0.717, 1.165) is 41.2 Å². The van der Waals surface area contributed by atoms with E-state index >= 15 is 0 Å². The van der Waals surface area contributed by atoms with Crippen LogP contribution in [-0.2, 0) is 32.2 Å². The van der Waals surface area contributed by atoms with Crippen LogP contribution in [0.1, 0.15) is 62.5 Å². The molecule has 2 fully saturated rings. The SMILES string of the molecule is NC1=Nc2ccc(Oc3ccccc3)cc2CN1C(CCC(=O)N(CCOCc1ccccc1)C1CCC(C(=O)O)CC1)C1CCOCC1. The fraction of sp³-hybridized carbons (Fsp3) is 0.462. The van der Waals surface area contributed by atoms with Gasteiger partial charge in [0.2, 0.25) is 5.91 Å². The number of aliphatic imine (C=N–C) groups is 1. The molecule has 6 rings (SSSR count). The molecule has 260 valence electrons. The van der Waals surface area contributed by atoms with E-state index in [2.05, 4.69) is 4.90 Å². The Balaban J connectivity index is 1.15. The van der Waals surface area contributed by atoms with Gasteiger partial charge in [0.05, 0.1) is 24.8 Å². The van der Waals surface area contributed by atoms with Crippen LogP contribution in [0.25, 0.3) is 0 Å². The molecule has 10 heteroatoms. The minimum atomic E-state index is -0.747. The number of aliphatic carboxylic acids is 1. The Morgan fingerprint density at radius 2 is 1.65 bits per heavy atom. The van der Waals surface area contributed by atoms with Crippen molar-refractivity contribution in [3.05, 3.63) is 90.0 Å². The third kappa shape index (κ3) is 9.19. The largest absolute Gasteiger partial charge is 0.481 e. The summed E-state index contributed by atoms with van der Waals surface area (Å²) in [5.41, 5.74) is 9.61. The van der Waals surface area contributed by atoms with E-state index in [4.69, 9.17) is 24.9 Å². The van der Waals surface area contributed by atoms with Gasteiger partial charge in [-0.1, -0.05) is 48.5 Å². The van der Waals surface area contributed by atoms with E-state index in [1.807, 2.05) is 83.8 Å². The van der Waals surface area contributed by atoms with E-state index < -0.39 is 5.97 Å². The molecule has 0 spiro atoms. The van der Waals surface area contributed by atoms with Crippen LogP contribution < -0.4 is 10.5 Å². The number of hydrogen-bond acceptors (Lipinski definition) is 8. The van der Waals surface area contributed by atoms with Gasteiger partial charge in [0.25, 0.3) is 0 Å². The van der Waals surface area contributed by atoms with Gasteiger partial charge in [-0.15, -0.1) is 0 Å². The topological polar surface area (TPSA) is 127 Å². The summed E-state index contributed by atoms with van der Waals surface area (Å²) < 4.78 is 17.9. The Bertz CT molecular complexity index is 1550. The van der Waals surface area contributed by atoms with Crippen molar-refractivity contribution in [2.75, 3.05) is 26.4 Å². The lowest BCUT2D eigenvalue weighted by Crippen LogP contribution is -2.50. The second kappa shape index (κ2) is 16.8. The number of guanidine groups is 1. The zero-order chi connectivity index (χ0) is 34.0. The maximum atomic E-state index is 14.1. The fourth-order valence-electron chi connectivity index (χ4n) is 7.46. The number of carbonyl (C=O) groups excluding carboxylic acids is 1. The summed E-state index contributed by atoms with van der Waals surface area (Å²) >= 11 is 0. The van der Waals surface area contributed by atoms with Crippen LogP contribution in [-0.4, -0.2) is 71.2 Å². The molecular formula is C39H48N4O6. The van der Waals surface area contributed by atoms with Crippen molar-refractivity contribution in [1.29, 1.82) is 0 Å². The molecule has 3 aromatic carbocycles. The first-order valence-electron chi connectivity index (χ1n) is 17.6. The maximum absolute atomic E-state index is 14.1. The number of amides is 1. The summed E-state index contributed by atoms with van der Waals surface area (Å²) in [5.74, 6) is 1.25. The highest BCUT2D eigenvalue weighted by molar-refractivity contribution is 5.84. The average molecular weight is 669 g/mol. The minimum Gasteiger partial charge on any atom is -0.481 e. The number of carboxylic acids is 1. The normalized spacial score (nSPS) is 20.2. The van der Waals surface area contributed by atoms with Gasteiger partial charge in [-0.2, -0.15) is 0 Å². The number of carbonyl (C=O) groups is 2. The highest BCUT2D eigenvalue weighted by Crippen LogP contribution is 2.36. The smallest absolute Gasteiger partial charge is 0.306 e. The molecule has 49 heavy (non-hydrogen) atoms. The van der Waals surface area contributed by atoms with Gasteiger partial charge in [0.15, 0.2) is 5.96 Å². The molecule has 1 amide bonds. The molecule has 3 N–H and O–H groups in total. The average Bonchev–Trinajstić information content (AvgIpc) is 3.13. The van der Waals surface area contributed by atoms with Gasteiger partial charge in [-0.25, -0.2) is 4.99 Å². The van der Waals surface area contributed by atoms with E-state index in [9.17, 15) is 14.7 Å². The number of rotatable bonds is 14. The zero-order valence-electron chi connectivity index (χ0n) is 28.1. The van der Waals surface area contributed by atoms with Gasteiger partial charge in [-0.05, 0) is 86.8 Å². The first-order chi connectivity index (χ1) is 23.9. The van der Waals surface area contributed by atoms with Crippen molar-refractivity contribution in [2.24, 2.45) is 22.6 Å². The summed E-state index contributed by atoms with van der Waals surface area (Å²) in [5, 5.41) is 9.57. The number of benzene rings is 3. The van der Waals surface area contributed by atoms with Gasteiger partial charge >= 0.3 is 5.97 Å². The van der Waals surface area contributed by atoms with Crippen molar-refractivity contribution in [3.8, 4) is 11.5 Å². The lowest BCUT2D eigenvalue weighted by Gasteiger charge is -2.42. The van der Waals surface area contributed by atoms with Crippen LogP contribution in [0.5, 0.6) is 11.5 Å². The molecule has 0 radical (unpaired) electrons. The van der Waals surface area contributed by atoms with Crippen molar-refractivity contribution in [3.63, 3.8) is 0 Å². The fourth-order valence-corrected chi connectivity index (χ4v) is 7.46. The summed E-state index contributed by atoms with van der Waals surface area (Å²) in [4.78, 5) is 34.7. The molecule has 1 aliphatic carbocycles. The first kappa shape index (κ1) is 34.5. The van der Waals surface area contributed by atoms with E-state index in [1.54, 1.807) is 0 Å². The van der Waals surface area contributed by atoms with Crippen LogP contribution in [0.2, 0.25) is 0 Å². The van der Waals surface area contributed by atoms with Crippen molar-refractivity contribution >= 4 is 23.5 Å². The zero-order valence-corrected chi connectivity index (χ0v) is 28.1. The molecule has 0 aromatic heterocycles. The van der Waals surface area contributed by atoms with Gasteiger partial charge < -0.3 is 34.9 Å². The third-order valence-corrected chi connectivity index (χ3v) is 10.2. The number of hydrogen-bond donors (Lipinski definition) is 2. The van der Waals surface area contributed by atoms with Crippen molar-refractivity contribution < 1.29 is 28.9 Å². The molecule has 3 aromatic rings. The lowest BCUT2D eigenvalue weighted by molar-refractivity contribution is -0.143. The summed E-state index contributed by atoms with van der Waals surface area (Å²) in [6.45, 7) is 3.31. The van der Waals surface area contributed by atoms with Gasteiger partial charge in [0.1, 0.15) is 11.5 Å². The van der Waals surface area contributed by atoms with Crippen LogP contribution in [0, 0.1) is 11.8 Å². The molecular weight excluding hydrogens is 620 g/mol. The predicted octanol–water partition coefficient (Wildman–Crippen LogP) is 6.50. The Morgan fingerprint density at radius 1 is 0.939 bits per heavy atom. The summed E-state index contributed by atoms with van der Waals surface area (Å²) in [6, 6.07) is 25.6. The Morgan fingerprint density at radius 3 is 2.37 bits per heavy atom. The number of ether oxygens (including phenoxy) is 3. The molecule has 2 aliphatic heterocycles. The molecule has 1 unspecified atom stereocenters. The van der Waals surface area contributed by atoms with Crippen LogP contribution in [0.3, 0.4) is 0 Å². The number of nitrogens with zero attached hydrogens (tertiary/aromatic N) is 3. The van der Waals surface area contributed by atoms with Crippen LogP contribution in [0.15, 0.2) is 83.9 Å². The highest BCUT2D eigenvalue weighted by atomic mass is 16.5. The van der Waals surface area contributed by atoms with Crippen LogP contribution in [0.4, 0.5) is 5.69 Å². The Kier molecular flexibility index (Phi) is 11.8. The molecule has 10 nitrogen and oxygen atoms in total. The molecule has 1 saturated carbocycles. The molecule has 1 saturated heterocycles. The van der Waals surface area contributed by atoms with Gasteiger partial charge in [0, 0.05) is 50.4 Å². The second-order valence-corrected chi connectivity index (χ2v) is 13.3. The number of carboxylic acid groups (broad SMARTS) is 1. The second-order valence-electron chi connectivity index (χ2n) is 13.3. The predicted molar refractivity (Wildman–Crippen MR) is 188 cm³/mol. The standard InChI is InChI=1S/C39H48N4O6/c40-39-41-35-16-15-34(49-33-9-5-2-6-10-33)25-31(35)26-43(39)36(29-19-22-47-23-20-29)17-18-37(44)42(32-13-11-30(12-14-32)38(45)46)21-24-48-27-28-7-3-1-4-8-28/h1-10,15-16,25,29-30,32,36H,11-14,17-24,26-27H2,(H2,40,41)(H,45,46). The van der Waals surface area contributed by atoms with E-state index in [0.29, 0.717) is 89.9 Å².